The second kappa shape index (κ2) is 9.41. The Bertz CT molecular complexity index is 859. The van der Waals surface area contributed by atoms with Crippen molar-refractivity contribution < 1.29 is 14.3 Å². The number of hydrogen-bond acceptors (Lipinski definition) is 4. The lowest BCUT2D eigenvalue weighted by atomic mass is 9.85. The lowest BCUT2D eigenvalue weighted by Crippen LogP contribution is -2.43. The lowest BCUT2D eigenvalue weighted by molar-refractivity contribution is -0.126. The number of carbonyl (C=O) groups is 1. The van der Waals surface area contributed by atoms with Gasteiger partial charge in [0.05, 0.1) is 19.1 Å². The van der Waals surface area contributed by atoms with Crippen LogP contribution in [-0.4, -0.2) is 32.2 Å². The summed E-state index contributed by atoms with van der Waals surface area (Å²) in [5.41, 5.74) is 3.47. The number of ether oxygens (including phenoxy) is 2. The molecule has 2 N–H and O–H groups in total. The predicted molar refractivity (Wildman–Crippen MR) is 119 cm³/mol. The molecule has 2 aromatic rings. The Hall–Kier alpha value is -2.69. The number of aryl methyl sites for hydroxylation is 1. The summed E-state index contributed by atoms with van der Waals surface area (Å²) in [6.45, 7) is 3.37. The Balaban J connectivity index is 1.43. The third kappa shape index (κ3) is 4.89. The SMILES string of the molecule is COc1ccc([C@H]2CNC(=O)[C@H](CNc3ccc(C)cc3)C2)cc1OC1CCCC1. The normalized spacial score (nSPS) is 21.9. The van der Waals surface area contributed by atoms with Gasteiger partial charge in [-0.05, 0) is 68.9 Å². The summed E-state index contributed by atoms with van der Waals surface area (Å²) in [6.07, 6.45) is 5.79. The van der Waals surface area contributed by atoms with E-state index in [-0.39, 0.29) is 23.8 Å². The first-order valence-corrected chi connectivity index (χ1v) is 11.0. The molecule has 2 aliphatic rings. The number of amides is 1. The summed E-state index contributed by atoms with van der Waals surface area (Å²) in [5.74, 6) is 1.94. The van der Waals surface area contributed by atoms with E-state index in [9.17, 15) is 4.79 Å². The van der Waals surface area contributed by atoms with Gasteiger partial charge in [-0.3, -0.25) is 4.79 Å². The number of anilines is 1. The summed E-state index contributed by atoms with van der Waals surface area (Å²) in [7, 11) is 1.68. The summed E-state index contributed by atoms with van der Waals surface area (Å²) in [6, 6.07) is 14.5. The first-order valence-electron chi connectivity index (χ1n) is 11.0. The summed E-state index contributed by atoms with van der Waals surface area (Å²) in [4.78, 5) is 12.4. The fraction of sp³-hybridized carbons (Fsp3) is 0.480. The number of rotatable bonds is 7. The highest BCUT2D eigenvalue weighted by molar-refractivity contribution is 5.80. The number of methoxy groups -OCH3 is 1. The second-order valence-electron chi connectivity index (χ2n) is 8.56. The number of hydrogen-bond donors (Lipinski definition) is 2. The predicted octanol–water partition coefficient (Wildman–Crippen LogP) is 4.66. The van der Waals surface area contributed by atoms with Crippen molar-refractivity contribution >= 4 is 11.6 Å². The van der Waals surface area contributed by atoms with E-state index in [0.717, 1.165) is 36.4 Å². The molecule has 2 aromatic carbocycles. The van der Waals surface area contributed by atoms with Crippen molar-refractivity contribution in [2.24, 2.45) is 5.92 Å². The van der Waals surface area contributed by atoms with Gasteiger partial charge in [-0.2, -0.15) is 0 Å². The van der Waals surface area contributed by atoms with Gasteiger partial charge in [0.25, 0.3) is 0 Å². The van der Waals surface area contributed by atoms with Crippen molar-refractivity contribution in [2.45, 2.75) is 51.0 Å². The Morgan fingerprint density at radius 2 is 1.83 bits per heavy atom. The standard InChI is InChI=1S/C25H32N2O3/c1-17-7-10-21(11-8-17)26-16-20-13-19(15-27-25(20)28)18-9-12-23(29-2)24(14-18)30-22-5-3-4-6-22/h7-12,14,19-20,22,26H,3-6,13,15-16H2,1-2H3,(H,27,28)/t19-,20+/m1/s1. The van der Waals surface area contributed by atoms with E-state index in [1.54, 1.807) is 7.11 Å². The Morgan fingerprint density at radius 1 is 1.07 bits per heavy atom. The van der Waals surface area contributed by atoms with Crippen molar-refractivity contribution in [3.63, 3.8) is 0 Å². The van der Waals surface area contributed by atoms with Gasteiger partial charge in [0.1, 0.15) is 0 Å². The van der Waals surface area contributed by atoms with Crippen LogP contribution in [0.4, 0.5) is 5.69 Å². The smallest absolute Gasteiger partial charge is 0.224 e. The molecule has 0 unspecified atom stereocenters. The third-order valence-corrected chi connectivity index (χ3v) is 6.32. The fourth-order valence-corrected chi connectivity index (χ4v) is 4.47. The second-order valence-corrected chi connectivity index (χ2v) is 8.56. The van der Waals surface area contributed by atoms with Crippen molar-refractivity contribution in [1.82, 2.24) is 5.32 Å². The molecule has 1 aliphatic heterocycles. The van der Waals surface area contributed by atoms with Crippen LogP contribution in [0.25, 0.3) is 0 Å². The van der Waals surface area contributed by atoms with Gasteiger partial charge in [-0.1, -0.05) is 23.8 Å². The van der Waals surface area contributed by atoms with Gasteiger partial charge in [0.2, 0.25) is 5.91 Å². The molecule has 1 heterocycles. The molecule has 1 saturated carbocycles. The van der Waals surface area contributed by atoms with Gasteiger partial charge in [-0.25, -0.2) is 0 Å². The average molecular weight is 409 g/mol. The summed E-state index contributed by atoms with van der Waals surface area (Å²) < 4.78 is 11.8. The van der Waals surface area contributed by atoms with E-state index < -0.39 is 0 Å². The van der Waals surface area contributed by atoms with Crippen LogP contribution in [0, 0.1) is 12.8 Å². The zero-order valence-electron chi connectivity index (χ0n) is 17.9. The molecule has 2 atom stereocenters. The molecular weight excluding hydrogens is 376 g/mol. The van der Waals surface area contributed by atoms with E-state index in [0.29, 0.717) is 13.1 Å². The summed E-state index contributed by atoms with van der Waals surface area (Å²) >= 11 is 0. The molecule has 4 rings (SSSR count). The Labute approximate surface area is 179 Å². The Kier molecular flexibility index (Phi) is 6.46. The minimum Gasteiger partial charge on any atom is -0.493 e. The van der Waals surface area contributed by atoms with Gasteiger partial charge in [0.15, 0.2) is 11.5 Å². The molecule has 30 heavy (non-hydrogen) atoms. The van der Waals surface area contributed by atoms with E-state index in [4.69, 9.17) is 9.47 Å². The maximum Gasteiger partial charge on any atom is 0.224 e. The molecule has 1 amide bonds. The molecule has 0 radical (unpaired) electrons. The molecule has 0 spiro atoms. The summed E-state index contributed by atoms with van der Waals surface area (Å²) in [5, 5.41) is 6.51. The molecule has 1 aliphatic carbocycles. The number of nitrogens with one attached hydrogen (secondary N) is 2. The van der Waals surface area contributed by atoms with Crippen molar-refractivity contribution in [3.05, 3.63) is 53.6 Å². The highest BCUT2D eigenvalue weighted by Gasteiger charge is 2.30. The average Bonchev–Trinajstić information content (AvgIpc) is 3.27. The zero-order chi connectivity index (χ0) is 20.9. The van der Waals surface area contributed by atoms with Crippen LogP contribution in [-0.2, 0) is 4.79 Å². The van der Waals surface area contributed by atoms with Crippen LogP contribution in [0.2, 0.25) is 0 Å². The van der Waals surface area contributed by atoms with Crippen LogP contribution >= 0.6 is 0 Å². The monoisotopic (exact) mass is 408 g/mol. The highest BCUT2D eigenvalue weighted by atomic mass is 16.5. The zero-order valence-corrected chi connectivity index (χ0v) is 17.9. The largest absolute Gasteiger partial charge is 0.493 e. The van der Waals surface area contributed by atoms with Crippen LogP contribution in [0.1, 0.15) is 49.1 Å². The van der Waals surface area contributed by atoms with Gasteiger partial charge in [-0.15, -0.1) is 0 Å². The van der Waals surface area contributed by atoms with E-state index >= 15 is 0 Å². The van der Waals surface area contributed by atoms with Gasteiger partial charge < -0.3 is 20.1 Å². The molecule has 2 fully saturated rings. The van der Waals surface area contributed by atoms with Crippen molar-refractivity contribution in [3.8, 4) is 11.5 Å². The van der Waals surface area contributed by atoms with E-state index in [1.807, 2.05) is 6.07 Å². The van der Waals surface area contributed by atoms with Gasteiger partial charge >= 0.3 is 0 Å². The van der Waals surface area contributed by atoms with Crippen molar-refractivity contribution in [2.75, 3.05) is 25.5 Å². The van der Waals surface area contributed by atoms with Crippen molar-refractivity contribution in [1.29, 1.82) is 0 Å². The third-order valence-electron chi connectivity index (χ3n) is 6.32. The first-order chi connectivity index (χ1) is 14.6. The highest BCUT2D eigenvalue weighted by Crippen LogP contribution is 2.36. The Morgan fingerprint density at radius 3 is 2.57 bits per heavy atom. The van der Waals surface area contributed by atoms with Crippen LogP contribution in [0.5, 0.6) is 11.5 Å². The van der Waals surface area contributed by atoms with Crippen LogP contribution in [0.15, 0.2) is 42.5 Å². The molecule has 5 heteroatoms. The van der Waals surface area contributed by atoms with Crippen LogP contribution in [0.3, 0.4) is 0 Å². The first kappa shape index (κ1) is 20.6. The minimum atomic E-state index is -0.0636. The molecule has 0 aromatic heterocycles. The maximum absolute atomic E-state index is 12.4. The molecule has 5 nitrogen and oxygen atoms in total. The molecule has 160 valence electrons. The number of piperidine rings is 1. The molecular formula is C25H32N2O3. The maximum atomic E-state index is 12.4. The van der Waals surface area contributed by atoms with Crippen LogP contribution < -0.4 is 20.1 Å². The topological polar surface area (TPSA) is 59.6 Å². The number of carbonyl (C=O) groups excluding carboxylic acids is 1. The number of benzene rings is 2. The molecule has 0 bridgehead atoms. The lowest BCUT2D eigenvalue weighted by Gasteiger charge is -2.30. The van der Waals surface area contributed by atoms with Gasteiger partial charge in [0, 0.05) is 24.7 Å². The van der Waals surface area contributed by atoms with E-state index in [1.165, 1.54) is 24.0 Å². The molecule has 1 saturated heterocycles. The fourth-order valence-electron chi connectivity index (χ4n) is 4.47. The quantitative estimate of drug-likeness (QED) is 0.700. The van der Waals surface area contributed by atoms with E-state index in [2.05, 4.69) is 54.0 Å². The minimum absolute atomic E-state index is 0.0636.